The molecule has 0 unspecified atom stereocenters. The number of hydrogen-bond acceptors (Lipinski definition) is 5. The summed E-state index contributed by atoms with van der Waals surface area (Å²) in [7, 11) is 0. The average molecular weight is 417 g/mol. The lowest BCUT2D eigenvalue weighted by molar-refractivity contribution is -0.385. The van der Waals surface area contributed by atoms with Crippen LogP contribution in [0.3, 0.4) is 0 Å². The highest BCUT2D eigenvalue weighted by atomic mass is 35.5. The highest BCUT2D eigenvalue weighted by molar-refractivity contribution is 6.31. The molecule has 1 amide bonds. The van der Waals surface area contributed by atoms with Gasteiger partial charge in [0.25, 0.3) is 5.91 Å². The van der Waals surface area contributed by atoms with Crippen LogP contribution in [0.2, 0.25) is 5.02 Å². The number of carbonyl (C=O) groups excluding carboxylic acids is 1. The lowest BCUT2D eigenvalue weighted by Crippen LogP contribution is -2.25. The Labute approximate surface area is 172 Å². The number of nitrogens with zero attached hydrogens (tertiary/aromatic N) is 5. The monoisotopic (exact) mass is 416 g/mol. The van der Waals surface area contributed by atoms with Gasteiger partial charge in [0.05, 0.1) is 27.9 Å². The second-order valence-corrected chi connectivity index (χ2v) is 7.05. The SMILES string of the molecule is Cc1nn(CCCNC(=O)c2ccc(Cn3cc([N+](=O)[O-])cn3)cc2)c(C)c1Cl. The number of carbonyl (C=O) groups is 1. The number of hydrogen-bond donors (Lipinski definition) is 1. The first-order chi connectivity index (χ1) is 13.8. The summed E-state index contributed by atoms with van der Waals surface area (Å²) in [6.07, 6.45) is 3.32. The lowest BCUT2D eigenvalue weighted by Gasteiger charge is -2.08. The molecule has 10 heteroatoms. The number of benzene rings is 1. The second-order valence-electron chi connectivity index (χ2n) is 6.67. The van der Waals surface area contributed by atoms with E-state index < -0.39 is 4.92 Å². The molecule has 9 nitrogen and oxygen atoms in total. The topological polar surface area (TPSA) is 108 Å². The first-order valence-corrected chi connectivity index (χ1v) is 9.46. The predicted molar refractivity (Wildman–Crippen MR) is 108 cm³/mol. The molecule has 2 aromatic heterocycles. The summed E-state index contributed by atoms with van der Waals surface area (Å²) < 4.78 is 3.33. The van der Waals surface area contributed by atoms with Crippen molar-refractivity contribution in [3.05, 3.63) is 74.3 Å². The van der Waals surface area contributed by atoms with Gasteiger partial charge in [0.15, 0.2) is 0 Å². The van der Waals surface area contributed by atoms with Gasteiger partial charge >= 0.3 is 5.69 Å². The molecule has 3 aromatic rings. The van der Waals surface area contributed by atoms with Crippen LogP contribution >= 0.6 is 11.6 Å². The maximum atomic E-state index is 12.3. The molecule has 29 heavy (non-hydrogen) atoms. The van der Waals surface area contributed by atoms with Crippen molar-refractivity contribution in [2.24, 2.45) is 0 Å². The van der Waals surface area contributed by atoms with Crippen molar-refractivity contribution >= 4 is 23.2 Å². The molecule has 0 saturated heterocycles. The molecule has 0 radical (unpaired) electrons. The number of nitro groups is 1. The van der Waals surface area contributed by atoms with Crippen LogP contribution in [0, 0.1) is 24.0 Å². The Morgan fingerprint density at radius 3 is 2.59 bits per heavy atom. The highest BCUT2D eigenvalue weighted by Crippen LogP contribution is 2.18. The smallest absolute Gasteiger partial charge is 0.307 e. The number of aryl methyl sites for hydroxylation is 2. The van der Waals surface area contributed by atoms with Crippen molar-refractivity contribution in [2.45, 2.75) is 33.4 Å². The molecule has 1 aromatic carbocycles. The lowest BCUT2D eigenvalue weighted by atomic mass is 10.1. The molecule has 0 aliphatic rings. The van der Waals surface area contributed by atoms with Crippen LogP contribution in [0.4, 0.5) is 5.69 Å². The summed E-state index contributed by atoms with van der Waals surface area (Å²) in [4.78, 5) is 22.5. The van der Waals surface area contributed by atoms with E-state index in [4.69, 9.17) is 11.6 Å². The quantitative estimate of drug-likeness (QED) is 0.345. The largest absolute Gasteiger partial charge is 0.352 e. The van der Waals surface area contributed by atoms with Crippen LogP contribution in [-0.2, 0) is 13.1 Å². The minimum atomic E-state index is -0.486. The van der Waals surface area contributed by atoms with E-state index >= 15 is 0 Å². The van der Waals surface area contributed by atoms with Gasteiger partial charge in [-0.25, -0.2) is 0 Å². The molecular weight excluding hydrogens is 396 g/mol. The van der Waals surface area contributed by atoms with E-state index in [0.29, 0.717) is 30.2 Å². The van der Waals surface area contributed by atoms with Gasteiger partial charge in [-0.3, -0.25) is 24.3 Å². The summed E-state index contributed by atoms with van der Waals surface area (Å²) in [5.74, 6) is -0.155. The van der Waals surface area contributed by atoms with Crippen LogP contribution in [0.15, 0.2) is 36.7 Å². The Morgan fingerprint density at radius 1 is 1.28 bits per heavy atom. The molecular formula is C19H21ClN6O3. The molecule has 0 fully saturated rings. The van der Waals surface area contributed by atoms with E-state index in [1.165, 1.54) is 17.1 Å². The third-order valence-electron chi connectivity index (χ3n) is 4.52. The van der Waals surface area contributed by atoms with Gasteiger partial charge in [-0.1, -0.05) is 23.7 Å². The Hall–Kier alpha value is -3.20. The zero-order valence-electron chi connectivity index (χ0n) is 16.1. The van der Waals surface area contributed by atoms with E-state index in [1.54, 1.807) is 24.3 Å². The molecule has 0 atom stereocenters. The first-order valence-electron chi connectivity index (χ1n) is 9.08. The van der Waals surface area contributed by atoms with Crippen molar-refractivity contribution in [3.8, 4) is 0 Å². The van der Waals surface area contributed by atoms with E-state index in [9.17, 15) is 14.9 Å². The van der Waals surface area contributed by atoms with Gasteiger partial charge < -0.3 is 5.32 Å². The number of amides is 1. The zero-order chi connectivity index (χ0) is 21.0. The number of halogens is 1. The molecule has 0 spiro atoms. The normalized spacial score (nSPS) is 10.9. The van der Waals surface area contributed by atoms with E-state index in [-0.39, 0.29) is 11.6 Å². The van der Waals surface area contributed by atoms with Crippen molar-refractivity contribution in [2.75, 3.05) is 6.54 Å². The van der Waals surface area contributed by atoms with E-state index in [0.717, 1.165) is 23.4 Å². The standard InChI is InChI=1S/C19H21ClN6O3/c1-13-18(20)14(2)25(23-13)9-3-8-21-19(27)16-6-4-15(5-7-16)11-24-12-17(10-22-24)26(28)29/h4-7,10,12H,3,8-9,11H2,1-2H3,(H,21,27). The molecule has 0 saturated carbocycles. The van der Waals surface area contributed by atoms with Crippen molar-refractivity contribution in [1.82, 2.24) is 24.9 Å². The average Bonchev–Trinajstić information content (AvgIpc) is 3.26. The fourth-order valence-corrected chi connectivity index (χ4v) is 3.04. The van der Waals surface area contributed by atoms with Crippen LogP contribution in [0.25, 0.3) is 0 Å². The summed E-state index contributed by atoms with van der Waals surface area (Å²) in [6.45, 7) is 5.37. The van der Waals surface area contributed by atoms with Crippen molar-refractivity contribution < 1.29 is 9.72 Å². The Balaban J connectivity index is 1.48. The predicted octanol–water partition coefficient (Wildman–Crippen LogP) is 3.13. The molecule has 152 valence electrons. The summed E-state index contributed by atoms with van der Waals surface area (Å²) in [6, 6.07) is 7.06. The van der Waals surface area contributed by atoms with Crippen LogP contribution in [-0.4, -0.2) is 36.9 Å². The van der Waals surface area contributed by atoms with Crippen molar-refractivity contribution in [1.29, 1.82) is 0 Å². The Kier molecular flexibility index (Phi) is 6.28. The zero-order valence-corrected chi connectivity index (χ0v) is 16.9. The van der Waals surface area contributed by atoms with Gasteiger partial charge in [0.1, 0.15) is 12.4 Å². The van der Waals surface area contributed by atoms with Gasteiger partial charge in [-0.2, -0.15) is 10.2 Å². The maximum Gasteiger partial charge on any atom is 0.307 e. The summed E-state index contributed by atoms with van der Waals surface area (Å²) in [5, 5.41) is 22.6. The fraction of sp³-hybridized carbons (Fsp3) is 0.316. The molecule has 0 aliphatic heterocycles. The third kappa shape index (κ3) is 5.00. The number of aromatic nitrogens is 4. The summed E-state index contributed by atoms with van der Waals surface area (Å²) in [5.41, 5.74) is 3.12. The maximum absolute atomic E-state index is 12.3. The second kappa shape index (κ2) is 8.87. The fourth-order valence-electron chi connectivity index (χ4n) is 2.91. The number of rotatable bonds is 8. The van der Waals surface area contributed by atoms with Crippen LogP contribution in [0.5, 0.6) is 0 Å². The molecule has 0 bridgehead atoms. The Morgan fingerprint density at radius 2 is 2.00 bits per heavy atom. The molecule has 1 N–H and O–H groups in total. The molecule has 2 heterocycles. The highest BCUT2D eigenvalue weighted by Gasteiger charge is 2.11. The van der Waals surface area contributed by atoms with Gasteiger partial charge in [0, 0.05) is 18.7 Å². The van der Waals surface area contributed by atoms with E-state index in [1.807, 2.05) is 18.5 Å². The van der Waals surface area contributed by atoms with Gasteiger partial charge in [0.2, 0.25) is 0 Å². The van der Waals surface area contributed by atoms with Gasteiger partial charge in [-0.05, 0) is 38.0 Å². The molecule has 3 rings (SSSR count). The van der Waals surface area contributed by atoms with Crippen molar-refractivity contribution in [3.63, 3.8) is 0 Å². The third-order valence-corrected chi connectivity index (χ3v) is 5.06. The first kappa shape index (κ1) is 20.5. The minimum absolute atomic E-state index is 0.0521. The van der Waals surface area contributed by atoms with Crippen LogP contribution < -0.4 is 5.32 Å². The van der Waals surface area contributed by atoms with Gasteiger partial charge in [-0.15, -0.1) is 0 Å². The molecule has 0 aliphatic carbocycles. The minimum Gasteiger partial charge on any atom is -0.352 e. The van der Waals surface area contributed by atoms with E-state index in [2.05, 4.69) is 15.5 Å². The summed E-state index contributed by atoms with van der Waals surface area (Å²) >= 11 is 6.13. The van der Waals surface area contributed by atoms with Crippen LogP contribution in [0.1, 0.15) is 33.7 Å². The number of nitrogens with one attached hydrogen (secondary N) is 1. The Bertz CT molecular complexity index is 1030.